The van der Waals surface area contributed by atoms with Crippen LogP contribution in [0.4, 0.5) is 0 Å². The van der Waals surface area contributed by atoms with E-state index in [1.165, 1.54) is 0 Å². The fourth-order valence-corrected chi connectivity index (χ4v) is 2.42. The van der Waals surface area contributed by atoms with Crippen LogP contribution in [0.1, 0.15) is 55.4 Å². The lowest BCUT2D eigenvalue weighted by Gasteiger charge is -2.16. The fraction of sp³-hybridized carbons (Fsp3) is 0.500. The number of nitrogens with zero attached hydrogens (tertiary/aromatic N) is 3. The summed E-state index contributed by atoms with van der Waals surface area (Å²) in [7, 11) is 0. The average molecular weight is 330 g/mol. The van der Waals surface area contributed by atoms with E-state index >= 15 is 0 Å². The molecule has 0 aliphatic heterocycles. The van der Waals surface area contributed by atoms with Crippen LogP contribution in [0.5, 0.6) is 0 Å². The Morgan fingerprint density at radius 3 is 2.88 bits per heavy atom. The molecule has 0 atom stereocenters. The fourth-order valence-electron chi connectivity index (χ4n) is 2.42. The summed E-state index contributed by atoms with van der Waals surface area (Å²) in [6.45, 7) is 6.85. The van der Waals surface area contributed by atoms with Crippen molar-refractivity contribution in [3.05, 3.63) is 47.5 Å². The molecular formula is C18H26N4O2. The Labute approximate surface area is 142 Å². The van der Waals surface area contributed by atoms with Gasteiger partial charge in [0.1, 0.15) is 6.33 Å². The number of aromatic nitrogens is 3. The lowest BCUT2D eigenvalue weighted by molar-refractivity contribution is 0.0714. The van der Waals surface area contributed by atoms with Crippen molar-refractivity contribution < 1.29 is 9.90 Å². The molecule has 6 heteroatoms. The second kappa shape index (κ2) is 8.06. The number of aryl methyl sites for hydroxylation is 2. The Kier molecular flexibility index (Phi) is 6.09. The van der Waals surface area contributed by atoms with Gasteiger partial charge in [-0.05, 0) is 50.8 Å². The number of carbonyl (C=O) groups is 1. The van der Waals surface area contributed by atoms with E-state index in [1.54, 1.807) is 26.2 Å². The largest absolute Gasteiger partial charge is 0.390 e. The van der Waals surface area contributed by atoms with Crippen molar-refractivity contribution in [2.24, 2.45) is 0 Å². The van der Waals surface area contributed by atoms with Gasteiger partial charge in [0.15, 0.2) is 5.82 Å². The van der Waals surface area contributed by atoms with Gasteiger partial charge in [-0.3, -0.25) is 4.79 Å². The van der Waals surface area contributed by atoms with Crippen molar-refractivity contribution in [1.29, 1.82) is 0 Å². The molecule has 2 N–H and O–H groups in total. The molecule has 0 aliphatic rings. The van der Waals surface area contributed by atoms with Crippen molar-refractivity contribution in [3.8, 4) is 0 Å². The molecule has 1 aromatic carbocycles. The first-order chi connectivity index (χ1) is 11.4. The Bertz CT molecular complexity index is 674. The first-order valence-corrected chi connectivity index (χ1v) is 8.35. The molecule has 130 valence electrons. The van der Waals surface area contributed by atoms with Gasteiger partial charge in [0.05, 0.1) is 12.1 Å². The van der Waals surface area contributed by atoms with Crippen molar-refractivity contribution in [1.82, 2.24) is 20.1 Å². The number of hydrogen-bond donors (Lipinski definition) is 2. The smallest absolute Gasteiger partial charge is 0.251 e. The van der Waals surface area contributed by atoms with Crippen LogP contribution in [-0.2, 0) is 19.5 Å². The molecule has 24 heavy (non-hydrogen) atoms. The van der Waals surface area contributed by atoms with Crippen LogP contribution < -0.4 is 5.32 Å². The van der Waals surface area contributed by atoms with Gasteiger partial charge >= 0.3 is 0 Å². The molecule has 0 spiro atoms. The van der Waals surface area contributed by atoms with Crippen LogP contribution in [0.25, 0.3) is 0 Å². The van der Waals surface area contributed by atoms with Crippen LogP contribution in [-0.4, -0.2) is 31.4 Å². The monoisotopic (exact) mass is 330 g/mol. The molecule has 0 saturated heterocycles. The molecule has 2 rings (SSSR count). The summed E-state index contributed by atoms with van der Waals surface area (Å²) in [5, 5.41) is 20.6. The minimum Gasteiger partial charge on any atom is -0.390 e. The summed E-state index contributed by atoms with van der Waals surface area (Å²) < 4.78 is 1.94. The predicted octanol–water partition coefficient (Wildman–Crippen LogP) is 2.32. The first-order valence-electron chi connectivity index (χ1n) is 8.35. The van der Waals surface area contributed by atoms with Gasteiger partial charge in [-0.25, -0.2) is 0 Å². The highest BCUT2D eigenvalue weighted by atomic mass is 16.3. The first kappa shape index (κ1) is 18.1. The summed E-state index contributed by atoms with van der Waals surface area (Å²) in [5.74, 6) is 0.620. The number of nitrogens with one attached hydrogen (secondary N) is 1. The van der Waals surface area contributed by atoms with Gasteiger partial charge in [-0.15, -0.1) is 10.2 Å². The zero-order valence-electron chi connectivity index (χ0n) is 14.6. The van der Waals surface area contributed by atoms with Gasteiger partial charge in [0.2, 0.25) is 0 Å². The highest BCUT2D eigenvalue weighted by molar-refractivity contribution is 5.94. The zero-order valence-corrected chi connectivity index (χ0v) is 14.6. The van der Waals surface area contributed by atoms with Gasteiger partial charge < -0.3 is 15.0 Å². The summed E-state index contributed by atoms with van der Waals surface area (Å²) in [4.78, 5) is 12.3. The third-order valence-corrected chi connectivity index (χ3v) is 3.78. The van der Waals surface area contributed by atoms with E-state index in [1.807, 2.05) is 22.8 Å². The number of carbonyl (C=O) groups excluding carboxylic acids is 1. The van der Waals surface area contributed by atoms with E-state index in [4.69, 9.17) is 0 Å². The third-order valence-electron chi connectivity index (χ3n) is 3.78. The summed E-state index contributed by atoms with van der Waals surface area (Å²) in [6.07, 6.45) is 4.05. The lowest BCUT2D eigenvalue weighted by atomic mass is 9.98. The van der Waals surface area contributed by atoms with Crippen LogP contribution in [0.15, 0.2) is 30.6 Å². The summed E-state index contributed by atoms with van der Waals surface area (Å²) in [5.41, 5.74) is 0.950. The molecule has 0 saturated carbocycles. The van der Waals surface area contributed by atoms with E-state index in [0.717, 1.165) is 30.8 Å². The Balaban J connectivity index is 1.96. The predicted molar refractivity (Wildman–Crippen MR) is 92.5 cm³/mol. The van der Waals surface area contributed by atoms with Crippen LogP contribution >= 0.6 is 0 Å². The van der Waals surface area contributed by atoms with Crippen LogP contribution in [0.3, 0.4) is 0 Å². The molecular weight excluding hydrogens is 304 g/mol. The maximum Gasteiger partial charge on any atom is 0.251 e. The SMILES string of the molecule is CCCn1cnnc1CNC(=O)c1cccc(CCC(C)(C)O)c1. The standard InChI is InChI=1S/C18H26N4O2/c1-4-10-22-13-20-21-16(22)12-19-17(23)15-7-5-6-14(11-15)8-9-18(2,3)24/h5-7,11,13,24H,4,8-10,12H2,1-3H3,(H,19,23). The molecule has 0 fully saturated rings. The molecule has 2 aromatic rings. The molecule has 1 aromatic heterocycles. The average Bonchev–Trinajstić information content (AvgIpc) is 2.98. The number of aliphatic hydroxyl groups is 1. The third kappa shape index (κ3) is 5.45. The molecule has 0 bridgehead atoms. The van der Waals surface area contributed by atoms with Gasteiger partial charge in [-0.1, -0.05) is 19.1 Å². The summed E-state index contributed by atoms with van der Waals surface area (Å²) >= 11 is 0. The van der Waals surface area contributed by atoms with Crippen molar-refractivity contribution in [2.75, 3.05) is 0 Å². The Morgan fingerprint density at radius 2 is 2.17 bits per heavy atom. The summed E-state index contributed by atoms with van der Waals surface area (Å²) in [6, 6.07) is 7.51. The molecule has 0 radical (unpaired) electrons. The highest BCUT2D eigenvalue weighted by Gasteiger charge is 2.13. The van der Waals surface area contributed by atoms with Gasteiger partial charge in [-0.2, -0.15) is 0 Å². The second-order valence-corrected chi connectivity index (χ2v) is 6.64. The minimum atomic E-state index is -0.707. The minimum absolute atomic E-state index is 0.133. The van der Waals surface area contributed by atoms with E-state index in [2.05, 4.69) is 22.4 Å². The van der Waals surface area contributed by atoms with Gasteiger partial charge in [0.25, 0.3) is 5.91 Å². The van der Waals surface area contributed by atoms with Crippen molar-refractivity contribution in [2.45, 2.75) is 58.7 Å². The molecule has 6 nitrogen and oxygen atoms in total. The van der Waals surface area contributed by atoms with Crippen LogP contribution in [0, 0.1) is 0 Å². The molecule has 1 heterocycles. The van der Waals surface area contributed by atoms with Crippen molar-refractivity contribution >= 4 is 5.91 Å². The molecule has 0 aliphatic carbocycles. The van der Waals surface area contributed by atoms with E-state index in [0.29, 0.717) is 18.5 Å². The normalized spacial score (nSPS) is 11.5. The number of benzene rings is 1. The number of rotatable bonds is 8. The highest BCUT2D eigenvalue weighted by Crippen LogP contribution is 2.14. The molecule has 1 amide bonds. The maximum atomic E-state index is 12.3. The number of amides is 1. The second-order valence-electron chi connectivity index (χ2n) is 6.64. The zero-order chi connectivity index (χ0) is 17.6. The topological polar surface area (TPSA) is 80.0 Å². The van der Waals surface area contributed by atoms with E-state index in [9.17, 15) is 9.90 Å². The maximum absolute atomic E-state index is 12.3. The van der Waals surface area contributed by atoms with E-state index < -0.39 is 5.60 Å². The van der Waals surface area contributed by atoms with Gasteiger partial charge in [0, 0.05) is 12.1 Å². The Morgan fingerprint density at radius 1 is 1.38 bits per heavy atom. The van der Waals surface area contributed by atoms with E-state index in [-0.39, 0.29) is 5.91 Å². The van der Waals surface area contributed by atoms with Crippen molar-refractivity contribution in [3.63, 3.8) is 0 Å². The lowest BCUT2D eigenvalue weighted by Crippen LogP contribution is -2.25. The molecule has 0 unspecified atom stereocenters. The van der Waals surface area contributed by atoms with Crippen LogP contribution in [0.2, 0.25) is 0 Å². The quantitative estimate of drug-likeness (QED) is 0.778. The Hall–Kier alpha value is -2.21. The number of hydrogen-bond acceptors (Lipinski definition) is 4.